The fraction of sp³-hybridized carbons (Fsp3) is 0.333. The normalized spacial score (nSPS) is 18.1. The Kier molecular flexibility index (Phi) is 4.61. The summed E-state index contributed by atoms with van der Waals surface area (Å²) in [5.74, 6) is 1.04. The van der Waals surface area contributed by atoms with Gasteiger partial charge in [-0.15, -0.1) is 0 Å². The first-order valence-corrected chi connectivity index (χ1v) is 8.28. The largest absolute Gasteiger partial charge is 0.488 e. The second kappa shape index (κ2) is 6.63. The Balaban J connectivity index is 1.72. The first-order chi connectivity index (χ1) is 10.3. The Labute approximate surface area is 134 Å². The van der Waals surface area contributed by atoms with Crippen molar-refractivity contribution >= 4 is 15.9 Å². The minimum atomic E-state index is 0.214. The summed E-state index contributed by atoms with van der Waals surface area (Å²) in [6, 6.07) is 17.2. The number of para-hydroxylation sites is 1. The average molecular weight is 346 g/mol. The number of fused-ring (bicyclic) bond motifs is 1. The fourth-order valence-corrected chi connectivity index (χ4v) is 3.17. The van der Waals surface area contributed by atoms with E-state index in [0.717, 1.165) is 29.6 Å². The summed E-state index contributed by atoms with van der Waals surface area (Å²) < 4.78 is 7.27. The lowest BCUT2D eigenvalue weighted by Crippen LogP contribution is -2.44. The maximum atomic E-state index is 6.15. The zero-order valence-electron chi connectivity index (χ0n) is 12.2. The maximum Gasteiger partial charge on any atom is 0.123 e. The number of likely N-dealkylation sites (N-methyl/N-ethyl adjacent to an activating group) is 1. The molecule has 2 unspecified atom stereocenters. The summed E-state index contributed by atoms with van der Waals surface area (Å²) in [6.45, 7) is 3.11. The van der Waals surface area contributed by atoms with E-state index in [9.17, 15) is 0 Å². The molecule has 0 radical (unpaired) electrons. The fourth-order valence-electron chi connectivity index (χ4n) is 2.90. The molecule has 0 amide bonds. The van der Waals surface area contributed by atoms with Gasteiger partial charge in [0.25, 0.3) is 0 Å². The monoisotopic (exact) mass is 345 g/mol. The van der Waals surface area contributed by atoms with Crippen molar-refractivity contribution in [2.24, 2.45) is 0 Å². The average Bonchev–Trinajstić information content (AvgIpc) is 2.93. The first-order valence-electron chi connectivity index (χ1n) is 7.48. The van der Waals surface area contributed by atoms with E-state index >= 15 is 0 Å². The van der Waals surface area contributed by atoms with Crippen LogP contribution in [0.15, 0.2) is 53.0 Å². The van der Waals surface area contributed by atoms with Crippen molar-refractivity contribution in [3.8, 4) is 5.75 Å². The molecule has 0 saturated carbocycles. The molecule has 2 atom stereocenters. The third-order valence-electron chi connectivity index (χ3n) is 3.96. The number of benzene rings is 2. The van der Waals surface area contributed by atoms with Gasteiger partial charge in [-0.2, -0.15) is 0 Å². The lowest BCUT2D eigenvalue weighted by molar-refractivity contribution is 0.178. The van der Waals surface area contributed by atoms with Crippen molar-refractivity contribution in [3.05, 3.63) is 64.1 Å². The van der Waals surface area contributed by atoms with Crippen LogP contribution in [0.3, 0.4) is 0 Å². The molecule has 1 aliphatic rings. The molecule has 2 aromatic carbocycles. The molecule has 0 saturated heterocycles. The third kappa shape index (κ3) is 3.47. The predicted molar refractivity (Wildman–Crippen MR) is 89.9 cm³/mol. The summed E-state index contributed by atoms with van der Waals surface area (Å²) >= 11 is 3.49. The molecule has 21 heavy (non-hydrogen) atoms. The van der Waals surface area contributed by atoms with Crippen molar-refractivity contribution in [2.45, 2.75) is 31.9 Å². The van der Waals surface area contributed by atoms with Crippen molar-refractivity contribution in [2.75, 3.05) is 6.54 Å². The Bertz CT molecular complexity index is 571. The molecule has 1 heterocycles. The number of hydrogen-bond acceptors (Lipinski definition) is 2. The van der Waals surface area contributed by atoms with Crippen LogP contribution in [-0.2, 0) is 12.8 Å². The van der Waals surface area contributed by atoms with Gasteiger partial charge in [-0.1, -0.05) is 53.2 Å². The van der Waals surface area contributed by atoms with Gasteiger partial charge >= 0.3 is 0 Å². The molecule has 2 aromatic rings. The summed E-state index contributed by atoms with van der Waals surface area (Å²) in [7, 11) is 0. The van der Waals surface area contributed by atoms with Crippen LogP contribution in [0.4, 0.5) is 0 Å². The summed E-state index contributed by atoms with van der Waals surface area (Å²) in [6.07, 6.45) is 2.19. The summed E-state index contributed by atoms with van der Waals surface area (Å²) in [5, 5.41) is 3.59. The highest BCUT2D eigenvalue weighted by molar-refractivity contribution is 9.10. The van der Waals surface area contributed by atoms with Crippen LogP contribution in [0, 0.1) is 0 Å². The SMILES string of the molecule is CCNC(Cc1ccc(Br)cc1)C1Cc2ccccc2O1. The van der Waals surface area contributed by atoms with E-state index in [0.29, 0.717) is 6.04 Å². The van der Waals surface area contributed by atoms with Crippen LogP contribution in [0.2, 0.25) is 0 Å². The second-order valence-corrected chi connectivity index (χ2v) is 6.38. The lowest BCUT2D eigenvalue weighted by Gasteiger charge is -2.24. The van der Waals surface area contributed by atoms with E-state index < -0.39 is 0 Å². The number of halogens is 1. The van der Waals surface area contributed by atoms with Gasteiger partial charge in [0.1, 0.15) is 11.9 Å². The number of rotatable bonds is 5. The van der Waals surface area contributed by atoms with Crippen LogP contribution in [0.5, 0.6) is 5.75 Å². The Morgan fingerprint density at radius 2 is 1.95 bits per heavy atom. The van der Waals surface area contributed by atoms with E-state index in [-0.39, 0.29) is 6.10 Å². The van der Waals surface area contributed by atoms with Crippen molar-refractivity contribution in [1.82, 2.24) is 5.32 Å². The standard InChI is InChI=1S/C18H20BrNO/c1-2-20-16(11-13-7-9-15(19)10-8-13)18-12-14-5-3-4-6-17(14)21-18/h3-10,16,18,20H,2,11-12H2,1H3. The molecule has 1 aliphatic heterocycles. The smallest absolute Gasteiger partial charge is 0.123 e. The minimum absolute atomic E-state index is 0.214. The molecule has 0 bridgehead atoms. The van der Waals surface area contributed by atoms with E-state index in [1.165, 1.54) is 11.1 Å². The third-order valence-corrected chi connectivity index (χ3v) is 4.48. The van der Waals surface area contributed by atoms with Gasteiger partial charge in [0.05, 0.1) is 0 Å². The minimum Gasteiger partial charge on any atom is -0.488 e. The van der Waals surface area contributed by atoms with Gasteiger partial charge in [-0.25, -0.2) is 0 Å². The molecular formula is C18H20BrNO. The lowest BCUT2D eigenvalue weighted by atomic mass is 9.98. The topological polar surface area (TPSA) is 21.3 Å². The molecule has 110 valence electrons. The molecule has 0 spiro atoms. The molecule has 0 aromatic heterocycles. The highest BCUT2D eigenvalue weighted by atomic mass is 79.9. The number of nitrogens with one attached hydrogen (secondary N) is 1. The maximum absolute atomic E-state index is 6.15. The molecule has 2 nitrogen and oxygen atoms in total. The van der Waals surface area contributed by atoms with Crippen LogP contribution in [0.1, 0.15) is 18.1 Å². The summed E-state index contributed by atoms with van der Waals surface area (Å²) in [5.41, 5.74) is 2.66. The number of hydrogen-bond donors (Lipinski definition) is 1. The molecule has 1 N–H and O–H groups in total. The molecule has 0 aliphatic carbocycles. The van der Waals surface area contributed by atoms with E-state index in [1.807, 2.05) is 6.07 Å². The number of ether oxygens (including phenoxy) is 1. The Morgan fingerprint density at radius 3 is 2.67 bits per heavy atom. The van der Waals surface area contributed by atoms with E-state index in [1.54, 1.807) is 0 Å². The molecular weight excluding hydrogens is 326 g/mol. The van der Waals surface area contributed by atoms with Gasteiger partial charge in [0.2, 0.25) is 0 Å². The molecule has 3 heteroatoms. The van der Waals surface area contributed by atoms with E-state index in [2.05, 4.69) is 70.6 Å². The predicted octanol–water partition coefficient (Wildman–Crippen LogP) is 3.97. The Hall–Kier alpha value is -1.32. The Morgan fingerprint density at radius 1 is 1.19 bits per heavy atom. The van der Waals surface area contributed by atoms with Gasteiger partial charge < -0.3 is 10.1 Å². The van der Waals surface area contributed by atoms with Crippen LogP contribution in [-0.4, -0.2) is 18.7 Å². The second-order valence-electron chi connectivity index (χ2n) is 5.46. The van der Waals surface area contributed by atoms with Crippen LogP contribution >= 0.6 is 15.9 Å². The zero-order chi connectivity index (χ0) is 14.7. The van der Waals surface area contributed by atoms with Gasteiger partial charge in [0, 0.05) is 16.9 Å². The first kappa shape index (κ1) is 14.6. The zero-order valence-corrected chi connectivity index (χ0v) is 13.8. The summed E-state index contributed by atoms with van der Waals surface area (Å²) in [4.78, 5) is 0. The highest BCUT2D eigenvalue weighted by Crippen LogP contribution is 2.30. The van der Waals surface area contributed by atoms with Crippen LogP contribution in [0.25, 0.3) is 0 Å². The van der Waals surface area contributed by atoms with Crippen LogP contribution < -0.4 is 10.1 Å². The molecule has 3 rings (SSSR count). The van der Waals surface area contributed by atoms with Gasteiger partial charge in [-0.3, -0.25) is 0 Å². The molecule has 0 fully saturated rings. The van der Waals surface area contributed by atoms with Crippen molar-refractivity contribution in [1.29, 1.82) is 0 Å². The van der Waals surface area contributed by atoms with Crippen molar-refractivity contribution < 1.29 is 4.74 Å². The van der Waals surface area contributed by atoms with E-state index in [4.69, 9.17) is 4.74 Å². The van der Waals surface area contributed by atoms with Gasteiger partial charge in [0.15, 0.2) is 0 Å². The van der Waals surface area contributed by atoms with Crippen molar-refractivity contribution in [3.63, 3.8) is 0 Å². The highest BCUT2D eigenvalue weighted by Gasteiger charge is 2.29. The van der Waals surface area contributed by atoms with Gasteiger partial charge in [-0.05, 0) is 42.3 Å². The quantitative estimate of drug-likeness (QED) is 0.885.